The molecule has 21 heavy (non-hydrogen) atoms. The second-order valence-corrected chi connectivity index (χ2v) is 5.52. The molecule has 0 unspecified atom stereocenters. The number of hydrogen-bond acceptors (Lipinski definition) is 3. The number of carbonyl (C=O) groups is 1. The number of para-hydroxylation sites is 1. The number of hydrogen-bond donors (Lipinski definition) is 1. The molecule has 1 aromatic heterocycles. The predicted molar refractivity (Wildman–Crippen MR) is 85.7 cm³/mol. The highest BCUT2D eigenvalue weighted by Gasteiger charge is 2.11. The van der Waals surface area contributed by atoms with Gasteiger partial charge in [0.25, 0.3) is 0 Å². The van der Waals surface area contributed by atoms with Gasteiger partial charge in [0.15, 0.2) is 0 Å². The molecule has 2 aromatic rings. The van der Waals surface area contributed by atoms with Gasteiger partial charge in [0.05, 0.1) is 13.1 Å². The fourth-order valence-electron chi connectivity index (χ4n) is 1.87. The van der Waals surface area contributed by atoms with Crippen molar-refractivity contribution in [3.05, 3.63) is 52.7 Å². The number of nitrogens with one attached hydrogen (secondary N) is 1. The van der Waals surface area contributed by atoms with Gasteiger partial charge in [-0.05, 0) is 30.5 Å². The summed E-state index contributed by atoms with van der Waals surface area (Å²) in [6.07, 6.45) is 0. The van der Waals surface area contributed by atoms with Crippen LogP contribution >= 0.6 is 11.3 Å². The third-order valence-corrected chi connectivity index (χ3v) is 3.85. The van der Waals surface area contributed by atoms with Crippen LogP contribution < -0.4 is 10.1 Å². The first-order chi connectivity index (χ1) is 10.3. The number of nitrogens with zero attached hydrogens (tertiary/aromatic N) is 1. The maximum absolute atomic E-state index is 12.1. The molecule has 0 radical (unpaired) electrons. The molecule has 0 saturated carbocycles. The summed E-state index contributed by atoms with van der Waals surface area (Å²) >= 11 is 1.66. The number of rotatable bonds is 7. The highest BCUT2D eigenvalue weighted by molar-refractivity contribution is 7.09. The van der Waals surface area contributed by atoms with Crippen LogP contribution in [0.3, 0.4) is 0 Å². The highest BCUT2D eigenvalue weighted by Crippen LogP contribution is 2.11. The van der Waals surface area contributed by atoms with Crippen molar-refractivity contribution in [3.8, 4) is 5.75 Å². The first-order valence-electron chi connectivity index (χ1n) is 7.02. The Morgan fingerprint density at radius 2 is 2.05 bits per heavy atom. The summed E-state index contributed by atoms with van der Waals surface area (Å²) in [7, 11) is 0. The average molecular weight is 304 g/mol. The lowest BCUT2D eigenvalue weighted by atomic mass is 10.3. The Morgan fingerprint density at radius 3 is 2.71 bits per heavy atom. The molecule has 0 aliphatic rings. The van der Waals surface area contributed by atoms with E-state index in [1.807, 2.05) is 54.8 Å². The first-order valence-corrected chi connectivity index (χ1v) is 7.90. The average Bonchev–Trinajstić information content (AvgIpc) is 3.03. The molecule has 0 saturated heterocycles. The lowest BCUT2D eigenvalue weighted by molar-refractivity contribution is 0.195. The molecule has 1 heterocycles. The van der Waals surface area contributed by atoms with Gasteiger partial charge in [0.1, 0.15) is 12.4 Å². The van der Waals surface area contributed by atoms with Crippen LogP contribution in [0.25, 0.3) is 0 Å². The molecule has 0 aliphatic carbocycles. The van der Waals surface area contributed by atoms with Crippen molar-refractivity contribution in [1.82, 2.24) is 10.2 Å². The van der Waals surface area contributed by atoms with Crippen LogP contribution in [0.4, 0.5) is 4.79 Å². The van der Waals surface area contributed by atoms with Crippen molar-refractivity contribution in [2.45, 2.75) is 13.5 Å². The van der Waals surface area contributed by atoms with E-state index in [1.54, 1.807) is 16.2 Å². The summed E-state index contributed by atoms with van der Waals surface area (Å²) in [6.45, 7) is 4.28. The van der Waals surface area contributed by atoms with Gasteiger partial charge < -0.3 is 15.0 Å². The van der Waals surface area contributed by atoms with Gasteiger partial charge in [0.2, 0.25) is 0 Å². The van der Waals surface area contributed by atoms with Gasteiger partial charge in [-0.25, -0.2) is 4.79 Å². The van der Waals surface area contributed by atoms with E-state index < -0.39 is 0 Å². The molecule has 112 valence electrons. The van der Waals surface area contributed by atoms with Crippen LogP contribution in [-0.2, 0) is 6.54 Å². The van der Waals surface area contributed by atoms with E-state index >= 15 is 0 Å². The quantitative estimate of drug-likeness (QED) is 0.797. The molecule has 2 amide bonds. The molecular formula is C16H20N2O2S. The minimum absolute atomic E-state index is 0.0532. The second kappa shape index (κ2) is 8.32. The summed E-state index contributed by atoms with van der Waals surface area (Å²) in [5.41, 5.74) is 0. The minimum Gasteiger partial charge on any atom is -0.492 e. The third kappa shape index (κ3) is 5.11. The summed E-state index contributed by atoms with van der Waals surface area (Å²) in [6, 6.07) is 13.6. The van der Waals surface area contributed by atoms with E-state index in [-0.39, 0.29) is 6.03 Å². The zero-order valence-electron chi connectivity index (χ0n) is 12.1. The summed E-state index contributed by atoms with van der Waals surface area (Å²) in [5, 5.41) is 4.91. The predicted octanol–water partition coefficient (Wildman–Crippen LogP) is 3.36. The van der Waals surface area contributed by atoms with Crippen LogP contribution in [0.1, 0.15) is 11.8 Å². The Bertz CT molecular complexity index is 528. The van der Waals surface area contributed by atoms with Crippen LogP contribution in [0.15, 0.2) is 47.8 Å². The van der Waals surface area contributed by atoms with Gasteiger partial charge in [-0.1, -0.05) is 24.3 Å². The van der Waals surface area contributed by atoms with E-state index in [4.69, 9.17) is 4.74 Å². The molecule has 1 N–H and O–H groups in total. The second-order valence-electron chi connectivity index (χ2n) is 4.49. The van der Waals surface area contributed by atoms with Crippen molar-refractivity contribution in [3.63, 3.8) is 0 Å². The van der Waals surface area contributed by atoms with E-state index in [9.17, 15) is 4.79 Å². The number of amides is 2. The van der Waals surface area contributed by atoms with E-state index in [2.05, 4.69) is 5.32 Å². The molecule has 0 spiro atoms. The lowest BCUT2D eigenvalue weighted by Crippen LogP contribution is -2.40. The molecular weight excluding hydrogens is 284 g/mol. The van der Waals surface area contributed by atoms with Gasteiger partial charge in [-0.2, -0.15) is 0 Å². The van der Waals surface area contributed by atoms with Crippen LogP contribution in [0, 0.1) is 0 Å². The highest BCUT2D eigenvalue weighted by atomic mass is 32.1. The lowest BCUT2D eigenvalue weighted by Gasteiger charge is -2.20. The van der Waals surface area contributed by atoms with Crippen LogP contribution in [0.5, 0.6) is 5.75 Å². The zero-order chi connectivity index (χ0) is 14.9. The van der Waals surface area contributed by atoms with Crippen molar-refractivity contribution in [1.29, 1.82) is 0 Å². The Balaban J connectivity index is 1.70. The SMILES string of the molecule is CCN(Cc1cccs1)C(=O)NCCOc1ccccc1. The van der Waals surface area contributed by atoms with Gasteiger partial charge in [-0.15, -0.1) is 11.3 Å². The summed E-state index contributed by atoms with van der Waals surface area (Å²) < 4.78 is 5.54. The largest absolute Gasteiger partial charge is 0.492 e. The summed E-state index contributed by atoms with van der Waals surface area (Å²) in [5.74, 6) is 0.817. The number of thiophene rings is 1. The molecule has 5 heteroatoms. The Kier molecular flexibility index (Phi) is 6.09. The number of urea groups is 1. The van der Waals surface area contributed by atoms with E-state index in [0.717, 1.165) is 5.75 Å². The van der Waals surface area contributed by atoms with Gasteiger partial charge in [-0.3, -0.25) is 0 Å². The zero-order valence-corrected chi connectivity index (χ0v) is 12.9. The molecule has 4 nitrogen and oxygen atoms in total. The molecule has 0 atom stereocenters. The van der Waals surface area contributed by atoms with E-state index in [0.29, 0.717) is 26.2 Å². The van der Waals surface area contributed by atoms with Crippen molar-refractivity contribution in [2.24, 2.45) is 0 Å². The maximum atomic E-state index is 12.1. The third-order valence-electron chi connectivity index (χ3n) is 2.99. The summed E-state index contributed by atoms with van der Waals surface area (Å²) in [4.78, 5) is 15.0. The van der Waals surface area contributed by atoms with Crippen molar-refractivity contribution < 1.29 is 9.53 Å². The smallest absolute Gasteiger partial charge is 0.317 e. The number of carbonyl (C=O) groups excluding carboxylic acids is 1. The van der Waals surface area contributed by atoms with Crippen LogP contribution in [0.2, 0.25) is 0 Å². The number of ether oxygens (including phenoxy) is 1. The van der Waals surface area contributed by atoms with E-state index in [1.165, 1.54) is 4.88 Å². The first kappa shape index (κ1) is 15.4. The Labute approximate surface area is 129 Å². The molecule has 1 aromatic carbocycles. The Morgan fingerprint density at radius 1 is 1.24 bits per heavy atom. The molecule has 2 rings (SSSR count). The minimum atomic E-state index is -0.0532. The topological polar surface area (TPSA) is 41.6 Å². The molecule has 0 aliphatic heterocycles. The standard InChI is InChI=1S/C16H20N2O2S/c1-2-18(13-15-9-6-12-21-15)16(19)17-10-11-20-14-7-4-3-5-8-14/h3-9,12H,2,10-11,13H2,1H3,(H,17,19). The Hall–Kier alpha value is -2.01. The maximum Gasteiger partial charge on any atom is 0.317 e. The molecule has 0 bridgehead atoms. The monoisotopic (exact) mass is 304 g/mol. The fourth-order valence-corrected chi connectivity index (χ4v) is 2.59. The fraction of sp³-hybridized carbons (Fsp3) is 0.312. The number of benzene rings is 1. The van der Waals surface area contributed by atoms with Crippen LogP contribution in [-0.4, -0.2) is 30.6 Å². The molecule has 0 fully saturated rings. The normalized spacial score (nSPS) is 10.1. The van der Waals surface area contributed by atoms with Gasteiger partial charge >= 0.3 is 6.03 Å². The van der Waals surface area contributed by atoms with Crippen molar-refractivity contribution in [2.75, 3.05) is 19.7 Å². The van der Waals surface area contributed by atoms with Gasteiger partial charge in [0, 0.05) is 11.4 Å². The van der Waals surface area contributed by atoms with Crippen molar-refractivity contribution >= 4 is 17.4 Å².